The molecule has 0 bridgehead atoms. The van der Waals surface area contributed by atoms with Gasteiger partial charge in [-0.05, 0) is 18.1 Å². The molecule has 1 aromatic carbocycles. The normalized spacial score (nSPS) is 10.7. The second kappa shape index (κ2) is 5.21. The lowest BCUT2D eigenvalue weighted by Gasteiger charge is -2.10. The number of benzene rings is 1. The fraction of sp³-hybridized carbons (Fsp3) is 0.364. The van der Waals surface area contributed by atoms with Crippen LogP contribution in [0.25, 0.3) is 0 Å². The SMILES string of the molecule is Cc1cccc(CC(=O)CCl)c1C(F)F. The Kier molecular flexibility index (Phi) is 4.21. The fourth-order valence-electron chi connectivity index (χ4n) is 1.47. The lowest BCUT2D eigenvalue weighted by molar-refractivity contribution is -0.116. The molecule has 0 aliphatic carbocycles. The highest BCUT2D eigenvalue weighted by Crippen LogP contribution is 2.26. The molecule has 82 valence electrons. The summed E-state index contributed by atoms with van der Waals surface area (Å²) in [6, 6.07) is 4.81. The van der Waals surface area contributed by atoms with E-state index in [1.54, 1.807) is 25.1 Å². The van der Waals surface area contributed by atoms with Gasteiger partial charge in [-0.15, -0.1) is 11.6 Å². The van der Waals surface area contributed by atoms with Crippen molar-refractivity contribution in [1.82, 2.24) is 0 Å². The Labute approximate surface area is 92.1 Å². The smallest absolute Gasteiger partial charge is 0.264 e. The minimum atomic E-state index is -2.55. The number of halogens is 3. The number of carbonyl (C=O) groups is 1. The Morgan fingerprint density at radius 3 is 2.67 bits per heavy atom. The molecule has 0 saturated carbocycles. The molecule has 0 saturated heterocycles. The van der Waals surface area contributed by atoms with E-state index in [1.807, 2.05) is 0 Å². The maximum Gasteiger partial charge on any atom is 0.264 e. The lowest BCUT2D eigenvalue weighted by atomic mass is 9.98. The molecule has 0 N–H and O–H groups in total. The molecule has 0 atom stereocenters. The summed E-state index contributed by atoms with van der Waals surface area (Å²) < 4.78 is 25.4. The quantitative estimate of drug-likeness (QED) is 0.728. The van der Waals surface area contributed by atoms with Crippen LogP contribution in [0.15, 0.2) is 18.2 Å². The van der Waals surface area contributed by atoms with Crippen molar-refractivity contribution in [3.8, 4) is 0 Å². The molecule has 4 heteroatoms. The zero-order chi connectivity index (χ0) is 11.4. The zero-order valence-electron chi connectivity index (χ0n) is 8.27. The van der Waals surface area contributed by atoms with Gasteiger partial charge in [-0.1, -0.05) is 18.2 Å². The second-order valence-electron chi connectivity index (χ2n) is 3.30. The average molecular weight is 233 g/mol. The van der Waals surface area contributed by atoms with Crippen LogP contribution in [0.1, 0.15) is 23.1 Å². The van der Waals surface area contributed by atoms with Crippen molar-refractivity contribution in [2.75, 3.05) is 5.88 Å². The minimum Gasteiger partial charge on any atom is -0.298 e. The monoisotopic (exact) mass is 232 g/mol. The summed E-state index contributed by atoms with van der Waals surface area (Å²) in [5.74, 6) is -0.388. The van der Waals surface area contributed by atoms with Crippen molar-refractivity contribution in [3.05, 3.63) is 34.9 Å². The average Bonchev–Trinajstić information content (AvgIpc) is 2.17. The number of Topliss-reactive ketones (excluding diaryl/α,β-unsaturated/α-hetero) is 1. The number of carbonyl (C=O) groups excluding carboxylic acids is 1. The van der Waals surface area contributed by atoms with E-state index in [4.69, 9.17) is 11.6 Å². The maximum absolute atomic E-state index is 12.7. The Morgan fingerprint density at radius 1 is 1.47 bits per heavy atom. The lowest BCUT2D eigenvalue weighted by Crippen LogP contribution is -2.07. The summed E-state index contributed by atoms with van der Waals surface area (Å²) in [6.45, 7) is 1.61. The van der Waals surface area contributed by atoms with Crippen LogP contribution in [0.4, 0.5) is 8.78 Å². The van der Waals surface area contributed by atoms with E-state index in [0.29, 0.717) is 11.1 Å². The van der Waals surface area contributed by atoms with E-state index in [2.05, 4.69) is 0 Å². The number of ketones is 1. The highest BCUT2D eigenvalue weighted by molar-refractivity contribution is 6.27. The molecular weight excluding hydrogens is 222 g/mol. The van der Waals surface area contributed by atoms with Gasteiger partial charge in [0.05, 0.1) is 5.88 Å². The number of alkyl halides is 3. The van der Waals surface area contributed by atoms with Crippen LogP contribution in [0, 0.1) is 6.92 Å². The van der Waals surface area contributed by atoms with Gasteiger partial charge in [-0.25, -0.2) is 8.78 Å². The van der Waals surface area contributed by atoms with Crippen molar-refractivity contribution < 1.29 is 13.6 Å². The largest absolute Gasteiger partial charge is 0.298 e. The minimum absolute atomic E-state index is 0.0230. The fourth-order valence-corrected chi connectivity index (χ4v) is 1.56. The van der Waals surface area contributed by atoms with Crippen LogP contribution in [0.5, 0.6) is 0 Å². The molecule has 1 aromatic rings. The molecule has 0 aliphatic heterocycles. The molecule has 0 spiro atoms. The number of rotatable bonds is 4. The number of aryl methyl sites for hydroxylation is 1. The van der Waals surface area contributed by atoms with Gasteiger partial charge in [0.15, 0.2) is 5.78 Å². The first kappa shape index (κ1) is 12.1. The summed E-state index contributed by atoms with van der Waals surface area (Å²) in [4.78, 5) is 11.1. The number of hydrogen-bond acceptors (Lipinski definition) is 1. The molecule has 0 amide bonds. The van der Waals surface area contributed by atoms with Crippen molar-refractivity contribution in [1.29, 1.82) is 0 Å². The third kappa shape index (κ3) is 2.99. The molecule has 0 radical (unpaired) electrons. The third-order valence-electron chi connectivity index (χ3n) is 2.17. The molecule has 0 fully saturated rings. The number of hydrogen-bond donors (Lipinski definition) is 0. The molecule has 1 nitrogen and oxygen atoms in total. The van der Waals surface area contributed by atoms with Gasteiger partial charge in [0.2, 0.25) is 0 Å². The summed E-state index contributed by atoms with van der Waals surface area (Å²) in [7, 11) is 0. The molecule has 0 aliphatic rings. The van der Waals surface area contributed by atoms with E-state index in [9.17, 15) is 13.6 Å². The van der Waals surface area contributed by atoms with E-state index in [-0.39, 0.29) is 23.6 Å². The Bertz CT molecular complexity index is 364. The van der Waals surface area contributed by atoms with Crippen molar-refractivity contribution in [3.63, 3.8) is 0 Å². The molecule has 0 heterocycles. The van der Waals surface area contributed by atoms with Crippen LogP contribution in [-0.4, -0.2) is 11.7 Å². The Balaban J connectivity index is 3.06. The van der Waals surface area contributed by atoms with Crippen LogP contribution < -0.4 is 0 Å². The van der Waals surface area contributed by atoms with Crippen molar-refractivity contribution >= 4 is 17.4 Å². The van der Waals surface area contributed by atoms with Gasteiger partial charge in [-0.3, -0.25) is 4.79 Å². The van der Waals surface area contributed by atoms with Crippen LogP contribution in [-0.2, 0) is 11.2 Å². The van der Waals surface area contributed by atoms with Crippen LogP contribution >= 0.6 is 11.6 Å². The topological polar surface area (TPSA) is 17.1 Å². The predicted octanol–water partition coefficient (Wildman–Crippen LogP) is 3.28. The first-order valence-corrected chi connectivity index (χ1v) is 5.04. The van der Waals surface area contributed by atoms with Crippen molar-refractivity contribution in [2.24, 2.45) is 0 Å². The van der Waals surface area contributed by atoms with Gasteiger partial charge < -0.3 is 0 Å². The molecule has 1 rings (SSSR count). The van der Waals surface area contributed by atoms with Gasteiger partial charge in [0, 0.05) is 12.0 Å². The summed E-state index contributed by atoms with van der Waals surface area (Å²) >= 11 is 5.34. The second-order valence-corrected chi connectivity index (χ2v) is 3.56. The van der Waals surface area contributed by atoms with E-state index < -0.39 is 6.43 Å². The maximum atomic E-state index is 12.7. The highest BCUT2D eigenvalue weighted by Gasteiger charge is 2.16. The summed E-state index contributed by atoms with van der Waals surface area (Å²) in [5, 5.41) is 0. The predicted molar refractivity (Wildman–Crippen MR) is 55.6 cm³/mol. The van der Waals surface area contributed by atoms with Crippen LogP contribution in [0.3, 0.4) is 0 Å². The van der Waals surface area contributed by atoms with Crippen LogP contribution in [0.2, 0.25) is 0 Å². The first-order chi connectivity index (χ1) is 7.06. The molecular formula is C11H11ClF2O. The first-order valence-electron chi connectivity index (χ1n) is 4.50. The van der Waals surface area contributed by atoms with Crippen molar-refractivity contribution in [2.45, 2.75) is 19.8 Å². The van der Waals surface area contributed by atoms with E-state index >= 15 is 0 Å². The van der Waals surface area contributed by atoms with Gasteiger partial charge >= 0.3 is 0 Å². The Hall–Kier alpha value is -0.960. The molecule has 0 unspecified atom stereocenters. The summed E-state index contributed by atoms with van der Waals surface area (Å²) in [5.41, 5.74) is 0.830. The van der Waals surface area contributed by atoms with Gasteiger partial charge in [0.25, 0.3) is 6.43 Å². The standard InChI is InChI=1S/C11H11ClF2O/c1-7-3-2-4-8(5-9(15)6-12)10(7)11(13)14/h2-4,11H,5-6H2,1H3. The van der Waals surface area contributed by atoms with Gasteiger partial charge in [0.1, 0.15) is 0 Å². The summed E-state index contributed by atoms with van der Waals surface area (Å²) in [6.07, 6.45) is -2.57. The van der Waals surface area contributed by atoms with E-state index in [1.165, 1.54) is 0 Å². The molecule has 15 heavy (non-hydrogen) atoms. The van der Waals surface area contributed by atoms with Gasteiger partial charge in [-0.2, -0.15) is 0 Å². The van der Waals surface area contributed by atoms with E-state index in [0.717, 1.165) is 0 Å². The Morgan fingerprint density at radius 2 is 2.13 bits per heavy atom. The zero-order valence-corrected chi connectivity index (χ0v) is 9.02. The highest BCUT2D eigenvalue weighted by atomic mass is 35.5. The third-order valence-corrected chi connectivity index (χ3v) is 2.47. The molecule has 0 aromatic heterocycles.